The summed E-state index contributed by atoms with van der Waals surface area (Å²) in [6.07, 6.45) is 4.13. The molecule has 2 nitrogen and oxygen atoms in total. The standard InChI is InChI=1S/C18H26BrNO/c1-17(2)12-8-9-18(17,3)16(10-12)21-15(11-20)13-6-4-5-7-14(13)19/h4-7,12,15-16H,8-11,20H2,1-3H3. The molecular weight excluding hydrogens is 326 g/mol. The fourth-order valence-corrected chi connectivity index (χ4v) is 5.07. The van der Waals surface area contributed by atoms with Gasteiger partial charge >= 0.3 is 0 Å². The minimum Gasteiger partial charge on any atom is -0.368 e. The van der Waals surface area contributed by atoms with Crippen molar-refractivity contribution in [3.05, 3.63) is 34.3 Å². The molecule has 116 valence electrons. The Morgan fingerprint density at radius 1 is 1.33 bits per heavy atom. The summed E-state index contributed by atoms with van der Waals surface area (Å²) in [6.45, 7) is 7.78. The van der Waals surface area contributed by atoms with E-state index in [-0.39, 0.29) is 11.5 Å². The molecule has 3 heteroatoms. The van der Waals surface area contributed by atoms with Crippen molar-refractivity contribution in [1.82, 2.24) is 0 Å². The van der Waals surface area contributed by atoms with E-state index >= 15 is 0 Å². The highest BCUT2D eigenvalue weighted by Crippen LogP contribution is 2.66. The molecule has 2 aliphatic rings. The van der Waals surface area contributed by atoms with Crippen LogP contribution in [-0.4, -0.2) is 12.6 Å². The topological polar surface area (TPSA) is 35.2 Å². The Kier molecular flexibility index (Phi) is 3.96. The SMILES string of the molecule is CC1(C)C2CCC1(C)C(OC(CN)c1ccccc1Br)C2. The molecule has 4 atom stereocenters. The molecule has 21 heavy (non-hydrogen) atoms. The van der Waals surface area contributed by atoms with Gasteiger partial charge in [0.1, 0.15) is 0 Å². The molecule has 0 saturated heterocycles. The van der Waals surface area contributed by atoms with E-state index in [9.17, 15) is 0 Å². The summed E-state index contributed by atoms with van der Waals surface area (Å²) in [7, 11) is 0. The number of benzene rings is 1. The van der Waals surface area contributed by atoms with Crippen LogP contribution in [0.5, 0.6) is 0 Å². The van der Waals surface area contributed by atoms with Crippen molar-refractivity contribution in [3.8, 4) is 0 Å². The average molecular weight is 352 g/mol. The summed E-state index contributed by atoms with van der Waals surface area (Å²) in [6, 6.07) is 8.26. The van der Waals surface area contributed by atoms with Crippen LogP contribution in [0, 0.1) is 16.7 Å². The Morgan fingerprint density at radius 3 is 2.57 bits per heavy atom. The molecule has 0 aromatic heterocycles. The first-order valence-electron chi connectivity index (χ1n) is 8.00. The zero-order valence-electron chi connectivity index (χ0n) is 13.2. The van der Waals surface area contributed by atoms with Crippen molar-refractivity contribution >= 4 is 15.9 Å². The van der Waals surface area contributed by atoms with E-state index in [1.165, 1.54) is 24.8 Å². The number of rotatable bonds is 4. The first kappa shape index (κ1) is 15.5. The minimum absolute atomic E-state index is 0.0162. The third-order valence-electron chi connectivity index (χ3n) is 6.51. The predicted molar refractivity (Wildman–Crippen MR) is 90.0 cm³/mol. The Bertz CT molecular complexity index is 530. The normalized spacial score (nSPS) is 35.1. The first-order chi connectivity index (χ1) is 9.90. The molecule has 1 aromatic carbocycles. The number of halogens is 1. The Morgan fingerprint density at radius 2 is 2.05 bits per heavy atom. The van der Waals surface area contributed by atoms with Crippen LogP contribution < -0.4 is 5.73 Å². The maximum Gasteiger partial charge on any atom is 0.0961 e. The first-order valence-corrected chi connectivity index (χ1v) is 8.79. The molecule has 2 bridgehead atoms. The van der Waals surface area contributed by atoms with E-state index in [4.69, 9.17) is 10.5 Å². The van der Waals surface area contributed by atoms with Crippen LogP contribution >= 0.6 is 15.9 Å². The van der Waals surface area contributed by atoms with Crippen molar-refractivity contribution in [2.24, 2.45) is 22.5 Å². The fraction of sp³-hybridized carbons (Fsp3) is 0.667. The zero-order valence-corrected chi connectivity index (χ0v) is 14.8. The van der Waals surface area contributed by atoms with Crippen molar-refractivity contribution in [1.29, 1.82) is 0 Å². The van der Waals surface area contributed by atoms with Crippen LogP contribution in [-0.2, 0) is 4.74 Å². The second kappa shape index (κ2) is 5.36. The van der Waals surface area contributed by atoms with E-state index in [1.807, 2.05) is 6.07 Å². The lowest BCUT2D eigenvalue weighted by Crippen LogP contribution is -2.38. The summed E-state index contributed by atoms with van der Waals surface area (Å²) in [5.41, 5.74) is 7.85. The van der Waals surface area contributed by atoms with Gasteiger partial charge in [-0.05, 0) is 47.6 Å². The van der Waals surface area contributed by atoms with E-state index in [2.05, 4.69) is 54.9 Å². The molecule has 2 aliphatic carbocycles. The van der Waals surface area contributed by atoms with Crippen molar-refractivity contribution in [3.63, 3.8) is 0 Å². The van der Waals surface area contributed by atoms with E-state index in [1.54, 1.807) is 0 Å². The van der Waals surface area contributed by atoms with Gasteiger partial charge < -0.3 is 10.5 Å². The Hall–Kier alpha value is -0.380. The molecule has 1 aromatic rings. The summed E-state index contributed by atoms with van der Waals surface area (Å²) in [5.74, 6) is 0.796. The maximum absolute atomic E-state index is 6.55. The second-order valence-corrected chi connectivity index (χ2v) is 8.34. The lowest BCUT2D eigenvalue weighted by molar-refractivity contribution is -0.0851. The molecule has 2 fully saturated rings. The molecular formula is C18H26BrNO. The van der Waals surface area contributed by atoms with Gasteiger partial charge in [-0.3, -0.25) is 0 Å². The molecule has 3 rings (SSSR count). The molecule has 4 unspecified atom stereocenters. The van der Waals surface area contributed by atoms with Gasteiger partial charge in [-0.25, -0.2) is 0 Å². The van der Waals surface area contributed by atoms with Gasteiger partial charge in [-0.15, -0.1) is 0 Å². The molecule has 0 heterocycles. The number of hydrogen-bond acceptors (Lipinski definition) is 2. The fourth-order valence-electron chi connectivity index (χ4n) is 4.53. The zero-order chi connectivity index (χ0) is 15.3. The van der Waals surface area contributed by atoms with Gasteiger partial charge in [0.25, 0.3) is 0 Å². The van der Waals surface area contributed by atoms with Crippen LogP contribution in [0.15, 0.2) is 28.7 Å². The predicted octanol–water partition coefficient (Wildman–Crippen LogP) is 4.68. The monoisotopic (exact) mass is 351 g/mol. The van der Waals surface area contributed by atoms with Crippen LogP contribution in [0.4, 0.5) is 0 Å². The summed E-state index contributed by atoms with van der Waals surface area (Å²) < 4.78 is 7.64. The van der Waals surface area contributed by atoms with Gasteiger partial charge in [0.2, 0.25) is 0 Å². The molecule has 0 spiro atoms. The maximum atomic E-state index is 6.55. The third-order valence-corrected chi connectivity index (χ3v) is 7.23. The minimum atomic E-state index is -0.0162. The highest BCUT2D eigenvalue weighted by molar-refractivity contribution is 9.10. The molecule has 2 saturated carbocycles. The number of nitrogens with two attached hydrogens (primary N) is 1. The van der Waals surface area contributed by atoms with Gasteiger partial charge in [0, 0.05) is 11.0 Å². The quantitative estimate of drug-likeness (QED) is 0.854. The van der Waals surface area contributed by atoms with Gasteiger partial charge in [0.05, 0.1) is 12.2 Å². The summed E-state index contributed by atoms with van der Waals surface area (Å²) in [5, 5.41) is 0. The van der Waals surface area contributed by atoms with Crippen molar-refractivity contribution in [2.45, 2.75) is 52.2 Å². The highest BCUT2D eigenvalue weighted by atomic mass is 79.9. The second-order valence-electron chi connectivity index (χ2n) is 7.48. The van der Waals surface area contributed by atoms with Crippen molar-refractivity contribution < 1.29 is 4.74 Å². The molecule has 2 N–H and O–H groups in total. The van der Waals surface area contributed by atoms with Gasteiger partial charge in [-0.2, -0.15) is 0 Å². The Balaban J connectivity index is 1.82. The van der Waals surface area contributed by atoms with Crippen LogP contribution in [0.1, 0.15) is 51.7 Å². The smallest absolute Gasteiger partial charge is 0.0961 e. The van der Waals surface area contributed by atoms with Gasteiger partial charge in [0.15, 0.2) is 0 Å². The lowest BCUT2D eigenvalue weighted by atomic mass is 9.70. The number of ether oxygens (including phenoxy) is 1. The lowest BCUT2D eigenvalue weighted by Gasteiger charge is -2.40. The largest absolute Gasteiger partial charge is 0.368 e. The summed E-state index contributed by atoms with van der Waals surface area (Å²) >= 11 is 3.63. The van der Waals surface area contributed by atoms with Crippen LogP contribution in [0.3, 0.4) is 0 Å². The third kappa shape index (κ3) is 2.29. The molecule has 0 amide bonds. The summed E-state index contributed by atoms with van der Waals surface area (Å²) in [4.78, 5) is 0. The van der Waals surface area contributed by atoms with E-state index in [0.29, 0.717) is 18.1 Å². The molecule has 0 aliphatic heterocycles. The van der Waals surface area contributed by atoms with Crippen LogP contribution in [0.25, 0.3) is 0 Å². The highest BCUT2D eigenvalue weighted by Gasteiger charge is 2.62. The Labute approximate surface area is 136 Å². The van der Waals surface area contributed by atoms with Crippen molar-refractivity contribution in [2.75, 3.05) is 6.54 Å². The average Bonchev–Trinajstić information content (AvgIpc) is 2.78. The van der Waals surface area contributed by atoms with E-state index in [0.717, 1.165) is 10.4 Å². The molecule has 0 radical (unpaired) electrons. The van der Waals surface area contributed by atoms with E-state index < -0.39 is 0 Å². The van der Waals surface area contributed by atoms with Crippen LogP contribution in [0.2, 0.25) is 0 Å². The number of hydrogen-bond donors (Lipinski definition) is 1. The number of fused-ring (bicyclic) bond motifs is 2. The van der Waals surface area contributed by atoms with Gasteiger partial charge in [-0.1, -0.05) is 54.9 Å².